The smallest absolute Gasteiger partial charge is 0.200 e. The maximum Gasteiger partial charge on any atom is 0.200 e. The third-order valence-electron chi connectivity index (χ3n) is 14.7. The molecule has 15 heteroatoms. The average Bonchev–Trinajstić information content (AvgIpc) is 3.37. The van der Waals surface area contributed by atoms with Crippen molar-refractivity contribution in [2.45, 2.75) is 139 Å². The summed E-state index contributed by atoms with van der Waals surface area (Å²) in [6, 6.07) is 7.02. The Kier molecular flexibility index (Phi) is 20.0. The lowest BCUT2D eigenvalue weighted by atomic mass is 9.51. The Bertz CT molecular complexity index is 1840. The van der Waals surface area contributed by atoms with E-state index in [2.05, 4.69) is 24.1 Å². The van der Waals surface area contributed by atoms with Gasteiger partial charge in [-0.25, -0.2) is 0 Å². The Morgan fingerprint density at radius 1 is 0.877 bits per heavy atom. The van der Waals surface area contributed by atoms with Crippen LogP contribution in [0.4, 0.5) is 0 Å². The van der Waals surface area contributed by atoms with Crippen LogP contribution in [0.5, 0.6) is 28.7 Å². The number of aliphatic hydroxyl groups is 6. The maximum absolute atomic E-state index is 11.8. The van der Waals surface area contributed by atoms with Crippen molar-refractivity contribution in [3.63, 3.8) is 0 Å². The van der Waals surface area contributed by atoms with Gasteiger partial charge < -0.3 is 65.1 Å². The molecule has 9 N–H and O–H groups in total. The van der Waals surface area contributed by atoms with Crippen LogP contribution in [-0.2, 0) is 17.6 Å². The summed E-state index contributed by atoms with van der Waals surface area (Å²) in [5.41, 5.74) is 2.22. The van der Waals surface area contributed by atoms with Gasteiger partial charge in [0.25, 0.3) is 0 Å². The highest BCUT2D eigenvalue weighted by Crippen LogP contribution is 2.57. The molecule has 2 fully saturated rings. The van der Waals surface area contributed by atoms with Gasteiger partial charge in [0.05, 0.1) is 44.7 Å². The molecule has 6 rings (SSSR count). The first kappa shape index (κ1) is 51.8. The molecule has 2 aromatic rings. The number of phenolic OH excluding ortho intramolecular Hbond substituents is 2. The van der Waals surface area contributed by atoms with Gasteiger partial charge in [-0.2, -0.15) is 0 Å². The zero-order chi connectivity index (χ0) is 46.5. The number of hydrogen-bond donors (Lipinski definition) is 9. The molecule has 2 saturated carbocycles. The van der Waals surface area contributed by atoms with E-state index in [-0.39, 0.29) is 77.5 Å². The zero-order valence-electron chi connectivity index (χ0n) is 38.5. The maximum atomic E-state index is 11.8. The molecule has 13 nitrogen and oxygen atoms in total. The van der Waals surface area contributed by atoms with E-state index in [1.165, 1.54) is 35.8 Å². The van der Waals surface area contributed by atoms with Crippen LogP contribution in [0.2, 0.25) is 0 Å². The summed E-state index contributed by atoms with van der Waals surface area (Å²) in [5.74, 6) is 9.31. The number of methoxy groups -OCH3 is 2. The number of aromatic hydroxyl groups is 2. The standard InChI is InChI=1S/C50H75NO12S2/c1-31-6-9-35(10-11-36(55)14-18-52)50(27-31)16-4-5-17-51-28-34-8-13-38(24-41(34)50)63-45-23-33-7-12-37(62-30-54)25-42(56)40(20-32-21-46(60-2)49(59)47(22-32)61-3)44(58)29-64-65-48(15-19-53)39(33)26-43(45)57/h21-23,26,31,34-38,40-42,44,48,51-59H,5-15,17-20,24-25,27-30H2,1-3H3/t31-,34+,35-,36+,37+,38-,40+,41-,42-,44+,48+,50+/m1/s1. The quantitative estimate of drug-likeness (QED) is 0.0547. The van der Waals surface area contributed by atoms with Crippen LogP contribution in [0.25, 0.3) is 0 Å². The van der Waals surface area contributed by atoms with Crippen LogP contribution in [0.15, 0.2) is 24.3 Å². The Balaban J connectivity index is 1.27. The summed E-state index contributed by atoms with van der Waals surface area (Å²) < 4.78 is 23.5. The minimum atomic E-state index is -1.03. The Hall–Kier alpha value is -2.62. The van der Waals surface area contributed by atoms with Gasteiger partial charge in [0.2, 0.25) is 5.75 Å². The van der Waals surface area contributed by atoms with Crippen molar-refractivity contribution in [3.05, 3.63) is 41.0 Å². The highest BCUT2D eigenvalue weighted by molar-refractivity contribution is 8.76. The van der Waals surface area contributed by atoms with Crippen LogP contribution >= 0.6 is 21.6 Å². The lowest BCUT2D eigenvalue weighted by Gasteiger charge is -2.53. The van der Waals surface area contributed by atoms with Crippen LogP contribution in [0, 0.1) is 46.8 Å². The molecule has 65 heavy (non-hydrogen) atoms. The van der Waals surface area contributed by atoms with E-state index in [1.807, 2.05) is 6.07 Å². The van der Waals surface area contributed by atoms with E-state index in [0.29, 0.717) is 61.2 Å². The van der Waals surface area contributed by atoms with Gasteiger partial charge in [-0.1, -0.05) is 40.9 Å². The average molecular weight is 946 g/mol. The number of aliphatic hydroxyl groups excluding tert-OH is 6. The fourth-order valence-electron chi connectivity index (χ4n) is 11.3. The monoisotopic (exact) mass is 945 g/mol. The summed E-state index contributed by atoms with van der Waals surface area (Å²) in [5, 5.41) is 89.8. The summed E-state index contributed by atoms with van der Waals surface area (Å²) >= 11 is 0. The summed E-state index contributed by atoms with van der Waals surface area (Å²) in [7, 11) is 5.84. The molecule has 2 heterocycles. The van der Waals surface area contributed by atoms with Crippen molar-refractivity contribution in [3.8, 4) is 40.6 Å². The second-order valence-electron chi connectivity index (χ2n) is 19.0. The molecule has 4 aliphatic rings. The van der Waals surface area contributed by atoms with Gasteiger partial charge in [0, 0.05) is 48.5 Å². The number of ether oxygens (including phenoxy) is 4. The lowest BCUT2D eigenvalue weighted by molar-refractivity contribution is -0.0808. The molecule has 0 unspecified atom stereocenters. The van der Waals surface area contributed by atoms with Gasteiger partial charge >= 0.3 is 0 Å². The van der Waals surface area contributed by atoms with Crippen molar-refractivity contribution in [2.75, 3.05) is 53.1 Å². The largest absolute Gasteiger partial charge is 0.504 e. The molecule has 0 radical (unpaired) electrons. The van der Waals surface area contributed by atoms with Crippen molar-refractivity contribution in [1.82, 2.24) is 5.32 Å². The zero-order valence-corrected chi connectivity index (χ0v) is 40.2. The number of fused-ring (bicyclic) bond motifs is 3. The van der Waals surface area contributed by atoms with Gasteiger partial charge in [-0.05, 0) is 155 Å². The molecule has 2 aliphatic carbocycles. The van der Waals surface area contributed by atoms with Gasteiger partial charge in [-0.3, -0.25) is 0 Å². The van der Waals surface area contributed by atoms with E-state index in [9.17, 15) is 40.9 Å². The minimum absolute atomic E-state index is 0.0230. The first-order chi connectivity index (χ1) is 31.4. The van der Waals surface area contributed by atoms with Crippen molar-refractivity contribution in [2.24, 2.45) is 35.0 Å². The number of aryl methyl sites for hydroxylation is 1. The molecule has 0 saturated heterocycles. The van der Waals surface area contributed by atoms with Gasteiger partial charge in [-0.15, -0.1) is 5.92 Å². The molecular formula is C50H75NO12S2. The molecule has 0 bridgehead atoms. The number of nitrogens with one attached hydrogen (secondary N) is 1. The first-order valence-electron chi connectivity index (χ1n) is 23.9. The molecule has 2 aromatic carbocycles. The number of benzene rings is 2. The van der Waals surface area contributed by atoms with E-state index in [1.54, 1.807) is 18.2 Å². The highest BCUT2D eigenvalue weighted by atomic mass is 33.1. The Morgan fingerprint density at radius 3 is 2.38 bits per heavy atom. The Labute approximate surface area is 393 Å². The Morgan fingerprint density at radius 2 is 1.66 bits per heavy atom. The summed E-state index contributed by atoms with van der Waals surface area (Å²) in [4.78, 5) is 0. The van der Waals surface area contributed by atoms with Gasteiger partial charge in [0.1, 0.15) is 6.79 Å². The molecular weight excluding hydrogens is 871 g/mol. The predicted molar refractivity (Wildman–Crippen MR) is 254 cm³/mol. The van der Waals surface area contributed by atoms with E-state index >= 15 is 0 Å². The number of phenols is 2. The minimum Gasteiger partial charge on any atom is -0.504 e. The molecule has 0 amide bonds. The van der Waals surface area contributed by atoms with Crippen LogP contribution in [-0.4, -0.2) is 124 Å². The highest BCUT2D eigenvalue weighted by Gasteiger charge is 2.52. The van der Waals surface area contributed by atoms with E-state index in [4.69, 9.17) is 18.9 Å². The van der Waals surface area contributed by atoms with Crippen LogP contribution in [0.1, 0.15) is 112 Å². The fourth-order valence-corrected chi connectivity index (χ4v) is 14.2. The topological polar surface area (TPSA) is 211 Å². The van der Waals surface area contributed by atoms with Crippen molar-refractivity contribution < 1.29 is 59.8 Å². The number of hydrogen-bond acceptors (Lipinski definition) is 15. The second kappa shape index (κ2) is 25.1. The first-order valence-corrected chi connectivity index (χ1v) is 26.2. The number of rotatable bonds is 15. The third kappa shape index (κ3) is 13.3. The molecule has 12 atom stereocenters. The predicted octanol–water partition coefficient (Wildman–Crippen LogP) is 6.28. The normalized spacial score (nSPS) is 31.8. The summed E-state index contributed by atoms with van der Waals surface area (Å²) in [6.07, 6.45) is 6.82. The molecule has 2 aliphatic heterocycles. The van der Waals surface area contributed by atoms with Crippen molar-refractivity contribution in [1.29, 1.82) is 0 Å². The lowest BCUT2D eigenvalue weighted by Crippen LogP contribution is -2.50. The van der Waals surface area contributed by atoms with E-state index in [0.717, 1.165) is 75.6 Å². The van der Waals surface area contributed by atoms with Gasteiger partial charge in [0.15, 0.2) is 23.0 Å². The molecule has 1 spiro atoms. The third-order valence-corrected chi connectivity index (χ3v) is 17.6. The van der Waals surface area contributed by atoms with Crippen LogP contribution < -0.4 is 19.5 Å². The fraction of sp³-hybridized carbons (Fsp3) is 0.720. The molecule has 0 aromatic heterocycles. The second-order valence-corrected chi connectivity index (χ2v) is 21.6. The van der Waals surface area contributed by atoms with E-state index < -0.39 is 37.1 Å². The van der Waals surface area contributed by atoms with Crippen molar-refractivity contribution >= 4 is 21.6 Å². The van der Waals surface area contributed by atoms with Crippen LogP contribution in [0.3, 0.4) is 0 Å². The summed E-state index contributed by atoms with van der Waals surface area (Å²) in [6.45, 7) is 3.43. The SMILES string of the molecule is COc1cc(C[C@H]2[C@H](O)C[C@@H](OCO)CCc3cc(O[C@@H]4CC[C@H]5CNCCC#C[C@@]6(C[C@H](C)CC[C@@H]6CC[C@H](O)CCO)[C@@H]5C4)c(O)cc3[C@H](CCO)SSC[C@@H]2O)cc(OC)c1O. The molecule has 364 valence electrons.